The van der Waals surface area contributed by atoms with Gasteiger partial charge in [0.1, 0.15) is 12.4 Å². The highest BCUT2D eigenvalue weighted by atomic mass is 16.2. The van der Waals surface area contributed by atoms with Gasteiger partial charge in [0.2, 0.25) is 11.8 Å². The van der Waals surface area contributed by atoms with E-state index >= 15 is 0 Å². The molecule has 0 aromatic rings. The van der Waals surface area contributed by atoms with Crippen molar-refractivity contribution in [1.82, 2.24) is 19.8 Å². The predicted octanol–water partition coefficient (Wildman–Crippen LogP) is 3.16. The van der Waals surface area contributed by atoms with Crippen molar-refractivity contribution in [2.75, 3.05) is 13.1 Å². The number of carbonyl (C=O) groups excluding carboxylic acids is 2. The van der Waals surface area contributed by atoms with Crippen LogP contribution in [-0.4, -0.2) is 45.4 Å². The molecule has 6 nitrogen and oxygen atoms in total. The minimum atomic E-state index is 0.0614. The first kappa shape index (κ1) is 19.0. The molecule has 2 fully saturated rings. The number of amides is 2. The fraction of sp³-hybridized carbons (Fsp3) is 0.591. The Balaban J connectivity index is 1.49. The molecule has 0 aromatic carbocycles. The normalized spacial score (nSPS) is 20.6. The molecule has 4 rings (SSSR count). The molecule has 0 bridgehead atoms. The van der Waals surface area contributed by atoms with Crippen molar-refractivity contribution < 1.29 is 9.59 Å². The summed E-state index contributed by atoms with van der Waals surface area (Å²) >= 11 is 0. The summed E-state index contributed by atoms with van der Waals surface area (Å²) in [7, 11) is 0. The van der Waals surface area contributed by atoms with Crippen LogP contribution in [0.25, 0.3) is 11.4 Å². The van der Waals surface area contributed by atoms with Gasteiger partial charge in [0.05, 0.1) is 0 Å². The summed E-state index contributed by atoms with van der Waals surface area (Å²) in [6, 6.07) is 6.49. The lowest BCUT2D eigenvalue weighted by Gasteiger charge is -2.32. The van der Waals surface area contributed by atoms with E-state index in [1.54, 1.807) is 0 Å². The number of fused-ring (bicyclic) bond motifs is 1. The van der Waals surface area contributed by atoms with E-state index in [9.17, 15) is 9.59 Å². The van der Waals surface area contributed by atoms with Gasteiger partial charge in [-0.2, -0.15) is 0 Å². The molecule has 1 saturated carbocycles. The van der Waals surface area contributed by atoms with E-state index in [2.05, 4.69) is 17.4 Å². The third-order valence-electron chi connectivity index (χ3n) is 6.14. The van der Waals surface area contributed by atoms with Crippen LogP contribution >= 0.6 is 0 Å². The molecule has 4 aliphatic rings. The van der Waals surface area contributed by atoms with E-state index in [0.29, 0.717) is 19.0 Å². The predicted molar refractivity (Wildman–Crippen MR) is 108 cm³/mol. The average Bonchev–Trinajstić information content (AvgIpc) is 3.37. The maximum Gasteiger partial charge on any atom is 0.240 e. The molecule has 2 amide bonds. The first-order chi connectivity index (χ1) is 13.6. The summed E-state index contributed by atoms with van der Waals surface area (Å²) in [5.74, 6) is 1.42. The number of aromatic nitrogens is 2. The fourth-order valence-corrected chi connectivity index (χ4v) is 4.62. The van der Waals surface area contributed by atoms with Crippen LogP contribution in [0.2, 0.25) is 0 Å². The van der Waals surface area contributed by atoms with Crippen LogP contribution in [0.3, 0.4) is 0 Å². The van der Waals surface area contributed by atoms with E-state index in [1.165, 1.54) is 12.8 Å². The standard InChI is InChI=1S/C22H30N4O2/c1-2-21(28)25-11-6-8-17(14-25)19-13-16-7-5-12-26(22(16)24-19)15-20(27)23-18-9-3-4-10-18/h5,7,12-13,17-18H,2-4,6,8-11,14-15H2,1H3,(H,23,27). The lowest BCUT2D eigenvalue weighted by Crippen LogP contribution is -2.38. The second kappa shape index (κ2) is 8.33. The highest BCUT2D eigenvalue weighted by molar-refractivity contribution is 5.77. The number of nitrogens with zero attached hydrogens (tertiary/aromatic N) is 3. The number of carbonyl (C=O) groups is 2. The van der Waals surface area contributed by atoms with Gasteiger partial charge in [-0.3, -0.25) is 9.59 Å². The summed E-state index contributed by atoms with van der Waals surface area (Å²) in [5, 5.41) is 3.16. The molecule has 6 heteroatoms. The minimum Gasteiger partial charge on any atom is -0.352 e. The van der Waals surface area contributed by atoms with Gasteiger partial charge in [0.25, 0.3) is 0 Å². The van der Waals surface area contributed by atoms with E-state index < -0.39 is 0 Å². The van der Waals surface area contributed by atoms with Crippen LogP contribution in [0.5, 0.6) is 0 Å². The van der Waals surface area contributed by atoms with Crippen molar-refractivity contribution in [2.24, 2.45) is 0 Å². The molecule has 1 atom stereocenters. The Bertz CT molecular complexity index is 809. The summed E-state index contributed by atoms with van der Waals surface area (Å²) in [4.78, 5) is 31.4. The van der Waals surface area contributed by atoms with Crippen molar-refractivity contribution >= 4 is 11.8 Å². The second-order valence-electron chi connectivity index (χ2n) is 8.18. The molecule has 150 valence electrons. The summed E-state index contributed by atoms with van der Waals surface area (Å²) in [6.45, 7) is 3.82. The van der Waals surface area contributed by atoms with Gasteiger partial charge in [-0.1, -0.05) is 19.8 Å². The zero-order valence-corrected chi connectivity index (χ0v) is 16.7. The number of hydrogen-bond donors (Lipinski definition) is 1. The first-order valence-corrected chi connectivity index (χ1v) is 10.7. The zero-order valence-electron chi connectivity index (χ0n) is 16.7. The average molecular weight is 383 g/mol. The number of piperidine rings is 1. The topological polar surface area (TPSA) is 67.2 Å². The van der Waals surface area contributed by atoms with Crippen LogP contribution in [0.1, 0.15) is 63.5 Å². The molecule has 1 N–H and O–H groups in total. The number of likely N-dealkylation sites (tertiary alicyclic amines) is 1. The van der Waals surface area contributed by atoms with Crippen molar-refractivity contribution in [3.8, 4) is 11.4 Å². The van der Waals surface area contributed by atoms with Crippen molar-refractivity contribution in [3.63, 3.8) is 0 Å². The Morgan fingerprint density at radius 3 is 2.82 bits per heavy atom. The van der Waals surface area contributed by atoms with Crippen molar-refractivity contribution in [3.05, 3.63) is 30.1 Å². The Hall–Kier alpha value is -2.37. The molecule has 0 spiro atoms. The van der Waals surface area contributed by atoms with E-state index in [1.807, 2.05) is 28.7 Å². The van der Waals surface area contributed by atoms with Crippen LogP contribution in [0.15, 0.2) is 24.4 Å². The van der Waals surface area contributed by atoms with E-state index in [0.717, 1.165) is 55.9 Å². The molecule has 3 heterocycles. The number of hydrogen-bond acceptors (Lipinski definition) is 3. The number of pyridine rings is 1. The number of nitrogens with one attached hydrogen (secondary N) is 1. The molecule has 3 aliphatic heterocycles. The molecule has 1 aliphatic carbocycles. The van der Waals surface area contributed by atoms with Crippen molar-refractivity contribution in [2.45, 2.75) is 70.4 Å². The lowest BCUT2D eigenvalue weighted by atomic mass is 9.94. The summed E-state index contributed by atoms with van der Waals surface area (Å²) in [6.07, 6.45) is 9.16. The Labute approximate surface area is 166 Å². The fourth-order valence-electron chi connectivity index (χ4n) is 4.62. The van der Waals surface area contributed by atoms with Gasteiger partial charge in [-0.25, -0.2) is 4.98 Å². The SMILES string of the molecule is CCC(=O)N1CCCC(c2cc3cccn(CC(=O)NC4CCCC4)c-3n2)C1. The first-order valence-electron chi connectivity index (χ1n) is 10.7. The number of rotatable bonds is 5. The smallest absolute Gasteiger partial charge is 0.240 e. The van der Waals surface area contributed by atoms with Gasteiger partial charge in [0, 0.05) is 48.9 Å². The maximum atomic E-state index is 12.5. The maximum absolute atomic E-state index is 12.5. The minimum absolute atomic E-state index is 0.0614. The van der Waals surface area contributed by atoms with Gasteiger partial charge in [-0.05, 0) is 43.9 Å². The molecular formula is C22H30N4O2. The van der Waals surface area contributed by atoms with Crippen LogP contribution in [-0.2, 0) is 16.1 Å². The zero-order chi connectivity index (χ0) is 19.5. The molecule has 28 heavy (non-hydrogen) atoms. The van der Waals surface area contributed by atoms with Crippen LogP contribution in [0, 0.1) is 0 Å². The monoisotopic (exact) mass is 382 g/mol. The second-order valence-corrected chi connectivity index (χ2v) is 8.18. The molecule has 1 saturated heterocycles. The lowest BCUT2D eigenvalue weighted by molar-refractivity contribution is -0.132. The van der Waals surface area contributed by atoms with Gasteiger partial charge in [-0.15, -0.1) is 0 Å². The highest BCUT2D eigenvalue weighted by Crippen LogP contribution is 2.32. The third-order valence-corrected chi connectivity index (χ3v) is 6.14. The Kier molecular flexibility index (Phi) is 5.64. The molecule has 0 radical (unpaired) electrons. The Morgan fingerprint density at radius 1 is 1.21 bits per heavy atom. The van der Waals surface area contributed by atoms with Gasteiger partial charge in [0.15, 0.2) is 0 Å². The van der Waals surface area contributed by atoms with Crippen LogP contribution in [0.4, 0.5) is 0 Å². The third kappa shape index (κ3) is 4.05. The highest BCUT2D eigenvalue weighted by Gasteiger charge is 2.27. The largest absolute Gasteiger partial charge is 0.352 e. The Morgan fingerprint density at radius 2 is 2.04 bits per heavy atom. The van der Waals surface area contributed by atoms with Crippen LogP contribution < -0.4 is 5.32 Å². The summed E-state index contributed by atoms with van der Waals surface area (Å²) in [5.41, 5.74) is 2.10. The molecular weight excluding hydrogens is 352 g/mol. The van der Waals surface area contributed by atoms with Crippen molar-refractivity contribution in [1.29, 1.82) is 0 Å². The summed E-state index contributed by atoms with van der Waals surface area (Å²) < 4.78 is 1.95. The molecule has 1 unspecified atom stereocenters. The van der Waals surface area contributed by atoms with E-state index in [-0.39, 0.29) is 17.7 Å². The van der Waals surface area contributed by atoms with E-state index in [4.69, 9.17) is 4.98 Å². The van der Waals surface area contributed by atoms with Gasteiger partial charge < -0.3 is 14.8 Å². The quantitative estimate of drug-likeness (QED) is 0.864. The van der Waals surface area contributed by atoms with Gasteiger partial charge >= 0.3 is 0 Å². The molecule has 0 aromatic heterocycles.